The van der Waals surface area contributed by atoms with Crippen LogP contribution in [0.2, 0.25) is 0 Å². The number of nitrogens with two attached hydrogens (primary N) is 1. The van der Waals surface area contributed by atoms with Crippen LogP contribution in [0, 0.1) is 5.92 Å². The second-order valence-electron chi connectivity index (χ2n) is 7.81. The van der Waals surface area contributed by atoms with Gasteiger partial charge < -0.3 is 26.8 Å². The first-order valence-corrected chi connectivity index (χ1v) is 10.7. The number of carboxylic acids is 1. The molecular weight excluding hydrogens is 420 g/mol. The highest BCUT2D eigenvalue weighted by molar-refractivity contribution is 7.80. The number of amides is 3. The molecule has 0 spiro atoms. The van der Waals surface area contributed by atoms with Crippen molar-refractivity contribution < 1.29 is 24.3 Å². The van der Waals surface area contributed by atoms with Gasteiger partial charge in [0.15, 0.2) is 0 Å². The Hall–Kier alpha value is -2.59. The number of carbonyl (C=O) groups is 4. The van der Waals surface area contributed by atoms with Crippen molar-refractivity contribution in [3.8, 4) is 0 Å². The van der Waals surface area contributed by atoms with Crippen molar-refractivity contribution in [1.29, 1.82) is 0 Å². The van der Waals surface area contributed by atoms with Crippen LogP contribution in [-0.4, -0.2) is 58.7 Å². The molecular formula is C21H32N4O5S. The summed E-state index contributed by atoms with van der Waals surface area (Å²) in [4.78, 5) is 49.1. The van der Waals surface area contributed by atoms with Crippen LogP contribution < -0.4 is 21.7 Å². The summed E-state index contributed by atoms with van der Waals surface area (Å²) in [7, 11) is 0. The number of nitrogens with one attached hydrogen (secondary N) is 3. The molecule has 0 heterocycles. The van der Waals surface area contributed by atoms with Crippen LogP contribution in [0.25, 0.3) is 0 Å². The average Bonchev–Trinajstić information content (AvgIpc) is 2.70. The van der Waals surface area contributed by atoms with Gasteiger partial charge in [0.1, 0.15) is 18.1 Å². The number of hydrogen-bond acceptors (Lipinski definition) is 6. The number of carbonyl (C=O) groups excluding carboxylic acids is 3. The Labute approximate surface area is 187 Å². The fourth-order valence-electron chi connectivity index (χ4n) is 2.80. The summed E-state index contributed by atoms with van der Waals surface area (Å²) in [5, 5.41) is 16.9. The highest BCUT2D eigenvalue weighted by Crippen LogP contribution is 2.08. The normalized spacial score (nSPS) is 14.8. The molecule has 6 N–H and O–H groups in total. The van der Waals surface area contributed by atoms with Gasteiger partial charge in [0.05, 0.1) is 6.04 Å². The molecule has 0 radical (unpaired) electrons. The van der Waals surface area contributed by atoms with E-state index in [1.165, 1.54) is 6.92 Å². The van der Waals surface area contributed by atoms with Gasteiger partial charge in [-0.05, 0) is 24.8 Å². The second-order valence-corrected chi connectivity index (χ2v) is 8.18. The van der Waals surface area contributed by atoms with Crippen LogP contribution in [0.3, 0.4) is 0 Å². The maximum Gasteiger partial charge on any atom is 0.327 e. The van der Waals surface area contributed by atoms with E-state index in [4.69, 9.17) is 5.73 Å². The highest BCUT2D eigenvalue weighted by Gasteiger charge is 2.30. The molecule has 10 heteroatoms. The Balaban J connectivity index is 3.06. The summed E-state index contributed by atoms with van der Waals surface area (Å²) >= 11 is 3.95. The van der Waals surface area contributed by atoms with E-state index >= 15 is 0 Å². The molecule has 4 atom stereocenters. The van der Waals surface area contributed by atoms with Gasteiger partial charge in [-0.25, -0.2) is 4.79 Å². The molecule has 1 aromatic carbocycles. The van der Waals surface area contributed by atoms with Gasteiger partial charge in [-0.15, -0.1) is 0 Å². The Kier molecular flexibility index (Phi) is 11.1. The Morgan fingerprint density at radius 3 is 1.90 bits per heavy atom. The smallest absolute Gasteiger partial charge is 0.327 e. The number of carboxylic acid groups (broad SMARTS) is 1. The summed E-state index contributed by atoms with van der Waals surface area (Å²) in [6, 6.07) is 5.08. The van der Waals surface area contributed by atoms with Crippen LogP contribution in [0.15, 0.2) is 30.3 Å². The van der Waals surface area contributed by atoms with Gasteiger partial charge in [0.25, 0.3) is 0 Å². The first kappa shape index (κ1) is 26.4. The van der Waals surface area contributed by atoms with Crippen molar-refractivity contribution in [2.24, 2.45) is 11.7 Å². The zero-order chi connectivity index (χ0) is 23.6. The molecule has 1 rings (SSSR count). The summed E-state index contributed by atoms with van der Waals surface area (Å²) in [5.74, 6) is -2.92. The minimum atomic E-state index is -1.23. The average molecular weight is 453 g/mol. The predicted octanol–water partition coefficient (Wildman–Crippen LogP) is 0.0912. The SMILES string of the molecule is CC(C)CC(NC(=O)C(C)N)C(=O)NC(Cc1ccccc1)C(=O)NC(CS)C(=O)O. The van der Waals surface area contributed by atoms with Crippen molar-refractivity contribution in [3.05, 3.63) is 35.9 Å². The number of thiol groups is 1. The molecule has 0 saturated heterocycles. The van der Waals surface area contributed by atoms with Crippen LogP contribution in [0.5, 0.6) is 0 Å². The molecule has 3 amide bonds. The molecule has 0 aliphatic rings. The lowest BCUT2D eigenvalue weighted by atomic mass is 10.0. The highest BCUT2D eigenvalue weighted by atomic mass is 32.1. The third kappa shape index (κ3) is 9.39. The number of benzene rings is 1. The van der Waals surface area contributed by atoms with E-state index in [0.717, 1.165) is 5.56 Å². The fourth-order valence-corrected chi connectivity index (χ4v) is 3.04. The van der Waals surface area contributed by atoms with Crippen LogP contribution >= 0.6 is 12.6 Å². The number of hydrogen-bond donors (Lipinski definition) is 6. The van der Waals surface area contributed by atoms with Crippen LogP contribution in [-0.2, 0) is 25.6 Å². The Morgan fingerprint density at radius 2 is 1.42 bits per heavy atom. The maximum atomic E-state index is 13.0. The maximum absolute atomic E-state index is 13.0. The lowest BCUT2D eigenvalue weighted by Crippen LogP contribution is -2.57. The van der Waals surface area contributed by atoms with Gasteiger partial charge in [0.2, 0.25) is 17.7 Å². The van der Waals surface area contributed by atoms with E-state index < -0.39 is 47.9 Å². The minimum Gasteiger partial charge on any atom is -0.480 e. The summed E-state index contributed by atoms with van der Waals surface area (Å²) in [6.07, 6.45) is 0.491. The topological polar surface area (TPSA) is 151 Å². The van der Waals surface area contributed by atoms with Gasteiger partial charge in [0, 0.05) is 12.2 Å². The molecule has 9 nitrogen and oxygen atoms in total. The molecule has 0 bridgehead atoms. The van der Waals surface area contributed by atoms with Crippen molar-refractivity contribution >= 4 is 36.3 Å². The molecule has 0 saturated carbocycles. The molecule has 31 heavy (non-hydrogen) atoms. The van der Waals surface area contributed by atoms with E-state index in [-0.39, 0.29) is 18.1 Å². The van der Waals surface area contributed by atoms with E-state index in [0.29, 0.717) is 6.42 Å². The number of aliphatic carboxylic acids is 1. The quantitative estimate of drug-likeness (QED) is 0.247. The molecule has 4 unspecified atom stereocenters. The monoisotopic (exact) mass is 452 g/mol. The Morgan fingerprint density at radius 1 is 0.903 bits per heavy atom. The van der Waals surface area contributed by atoms with Crippen LogP contribution in [0.1, 0.15) is 32.8 Å². The number of rotatable bonds is 12. The third-order valence-electron chi connectivity index (χ3n) is 4.47. The Bertz CT molecular complexity index is 757. The lowest BCUT2D eigenvalue weighted by Gasteiger charge is -2.25. The van der Waals surface area contributed by atoms with E-state index in [9.17, 15) is 24.3 Å². The standard InChI is InChI=1S/C21H32N4O5S/c1-12(2)9-15(23-18(26)13(3)22)19(27)24-16(10-14-7-5-4-6-8-14)20(28)25-17(11-31)21(29)30/h4-8,12-13,15-17,31H,9-11,22H2,1-3H3,(H,23,26)(H,24,27)(H,25,28)(H,29,30). The summed E-state index contributed by atoms with van der Waals surface area (Å²) < 4.78 is 0. The van der Waals surface area contributed by atoms with E-state index in [1.54, 1.807) is 24.3 Å². The summed E-state index contributed by atoms with van der Waals surface area (Å²) in [6.45, 7) is 5.31. The molecule has 0 aliphatic carbocycles. The van der Waals surface area contributed by atoms with Crippen molar-refractivity contribution in [1.82, 2.24) is 16.0 Å². The molecule has 1 aromatic rings. The minimum absolute atomic E-state index is 0.0890. The van der Waals surface area contributed by atoms with Crippen molar-refractivity contribution in [2.75, 3.05) is 5.75 Å². The first-order chi connectivity index (χ1) is 14.5. The largest absolute Gasteiger partial charge is 0.480 e. The van der Waals surface area contributed by atoms with Gasteiger partial charge in [-0.3, -0.25) is 14.4 Å². The molecule has 0 fully saturated rings. The summed E-state index contributed by atoms with van der Waals surface area (Å²) in [5.41, 5.74) is 6.37. The fraction of sp³-hybridized carbons (Fsp3) is 0.524. The van der Waals surface area contributed by atoms with Crippen molar-refractivity contribution in [3.63, 3.8) is 0 Å². The third-order valence-corrected chi connectivity index (χ3v) is 4.83. The lowest BCUT2D eigenvalue weighted by molar-refractivity contribution is -0.141. The van der Waals surface area contributed by atoms with Crippen LogP contribution in [0.4, 0.5) is 0 Å². The van der Waals surface area contributed by atoms with Gasteiger partial charge in [-0.2, -0.15) is 12.6 Å². The molecule has 172 valence electrons. The van der Waals surface area contributed by atoms with Gasteiger partial charge in [-0.1, -0.05) is 44.2 Å². The second kappa shape index (κ2) is 13.0. The zero-order valence-electron chi connectivity index (χ0n) is 18.0. The van der Waals surface area contributed by atoms with Crippen molar-refractivity contribution in [2.45, 2.75) is 57.8 Å². The van der Waals surface area contributed by atoms with E-state index in [2.05, 4.69) is 28.6 Å². The van der Waals surface area contributed by atoms with Gasteiger partial charge >= 0.3 is 5.97 Å². The first-order valence-electron chi connectivity index (χ1n) is 10.1. The predicted molar refractivity (Wildman–Crippen MR) is 121 cm³/mol. The zero-order valence-corrected chi connectivity index (χ0v) is 18.9. The molecule has 0 aromatic heterocycles. The van der Waals surface area contributed by atoms with E-state index in [1.807, 2.05) is 19.9 Å². The molecule has 0 aliphatic heterocycles.